The summed E-state index contributed by atoms with van der Waals surface area (Å²) in [5.41, 5.74) is 24.0. The fourth-order valence-electron chi connectivity index (χ4n) is 17.5. The first-order valence-electron chi connectivity index (χ1n) is 48.5. The molecular formula is C93H144ClN23O21S2. The number of halogens is 1. The first-order valence-corrected chi connectivity index (χ1v) is 51.3. The molecule has 5 saturated heterocycles. The molecule has 776 valence electrons. The van der Waals surface area contributed by atoms with E-state index in [1.165, 1.54) is 33.4 Å². The number of aliphatic carboxylic acids is 1. The van der Waals surface area contributed by atoms with Crippen molar-refractivity contribution in [3.05, 3.63) is 70.7 Å². The highest BCUT2D eigenvalue weighted by Gasteiger charge is 2.48. The first kappa shape index (κ1) is 115. The van der Waals surface area contributed by atoms with Crippen molar-refractivity contribution in [3.63, 3.8) is 0 Å². The molecule has 5 aliphatic rings. The number of nitrogens with one attached hydrogen (secondary N) is 15. The van der Waals surface area contributed by atoms with E-state index in [0.717, 1.165) is 21.6 Å². The summed E-state index contributed by atoms with van der Waals surface area (Å²) in [4.78, 5) is 281. The molecule has 47 heteroatoms. The van der Waals surface area contributed by atoms with Gasteiger partial charge >= 0.3 is 5.97 Å². The van der Waals surface area contributed by atoms with Crippen LogP contribution in [0.2, 0.25) is 5.02 Å². The molecule has 7 rings (SSSR count). The molecule has 2 aromatic carbocycles. The van der Waals surface area contributed by atoms with Gasteiger partial charge < -0.3 is 127 Å². The second-order valence-corrected chi connectivity index (χ2v) is 39.8. The zero-order valence-electron chi connectivity index (χ0n) is 80.9. The average molecular weight is 2020 g/mol. The lowest BCUT2D eigenvalue weighted by atomic mass is 10.0. The molecule has 0 aromatic heterocycles. The number of nitrogens with zero attached hydrogens (tertiary/aromatic N) is 4. The molecule has 0 unspecified atom stereocenters. The summed E-state index contributed by atoms with van der Waals surface area (Å²) in [6.07, 6.45) is 1.72. The van der Waals surface area contributed by atoms with Crippen LogP contribution in [0.4, 0.5) is 0 Å². The normalized spacial score (nSPS) is 24.1. The Morgan fingerprint density at radius 3 is 1.70 bits per heavy atom. The lowest BCUT2D eigenvalue weighted by Crippen LogP contribution is -2.61. The topological polar surface area (TPSA) is 674 Å². The summed E-state index contributed by atoms with van der Waals surface area (Å²) >= 11 is 6.80. The van der Waals surface area contributed by atoms with Crippen LogP contribution in [-0.2, 0) is 104 Å². The number of amides is 18. The number of hydrogen-bond acceptors (Lipinski definition) is 25. The monoisotopic (exact) mass is 2020 g/mol. The van der Waals surface area contributed by atoms with E-state index in [1.54, 1.807) is 82.3 Å². The Balaban J connectivity index is 1.34. The van der Waals surface area contributed by atoms with Crippen molar-refractivity contribution in [1.29, 1.82) is 5.41 Å². The van der Waals surface area contributed by atoms with Gasteiger partial charge in [0.15, 0.2) is 5.96 Å². The zero-order valence-corrected chi connectivity index (χ0v) is 83.2. The molecule has 5 aliphatic heterocycles. The smallest absolute Gasteiger partial charge is 0.303 e. The van der Waals surface area contributed by atoms with Gasteiger partial charge in [-0.05, 0) is 177 Å². The van der Waals surface area contributed by atoms with E-state index in [-0.39, 0.29) is 166 Å². The number of carbonyl (C=O) groups excluding carboxylic acids is 18. The molecule has 2 aromatic rings. The van der Waals surface area contributed by atoms with Gasteiger partial charge in [0, 0.05) is 75.4 Å². The van der Waals surface area contributed by atoms with Gasteiger partial charge in [0.05, 0.1) is 6.61 Å². The van der Waals surface area contributed by atoms with E-state index in [2.05, 4.69) is 74.4 Å². The standard InChI is InChI=1S/C93H144ClN23O21S2/c1-8-9-28-63-89(135)114-42-20-32-70(114)86(132)101-54(6)77(123)112-68(50-118)84(130)110-66(48-56-24-11-10-12-25-56)82(128)113-69(85(131)108-64(30-16-18-40-96)90(136)117-45-23-35-73(117)91(137)115-43-21-33-71(115)87(133)103-59(76(97)122)36-37-74(120)121)51-140-139-46-38-62(80(126)109-65(47-52(2)3)81(127)105-61(31-19-41-100-93(98)99)78(124)104-60(79(125)107-63)29-15-17-39-95)106-83(129)67(49-57-26-13-14-27-58(57)94)111-88(134)72-34-22-44-116(72)92(138)75(53(4)5)102-55(7)119/h10-14,24-27,52-54,59-73,75,118H,8-9,15-23,28-51,95-96H2,1-7H3,(H2,97,122)(H,101,132)(H,102,119)(H,103,133)(H,104,124)(H,105,127)(H,106,129)(H,107,125)(H,108,131)(H,109,126)(H,110,130)(H,111,134)(H,112,123)(H,113,128)(H,120,121)(H4,98,99,100)/t54-,59-,60-,61-,62-,63-,64-,65-,66-,67-,68-,69-,70-,71-,72-,73-,75-/m0/s1. The van der Waals surface area contributed by atoms with Gasteiger partial charge in [-0.3, -0.25) is 96.5 Å². The molecule has 0 saturated carbocycles. The lowest BCUT2D eigenvalue weighted by Gasteiger charge is -2.33. The average Bonchev–Trinajstić information content (AvgIpc) is 1.67. The van der Waals surface area contributed by atoms with Gasteiger partial charge in [-0.1, -0.05) is 129 Å². The summed E-state index contributed by atoms with van der Waals surface area (Å²) in [6, 6.07) is -9.66. The summed E-state index contributed by atoms with van der Waals surface area (Å²) in [6.45, 7) is 10.8. The largest absolute Gasteiger partial charge is 0.481 e. The Morgan fingerprint density at radius 2 is 1.09 bits per heavy atom. The fourth-order valence-corrected chi connectivity index (χ4v) is 19.9. The second-order valence-electron chi connectivity index (χ2n) is 36.8. The third-order valence-corrected chi connectivity index (χ3v) is 27.9. The molecule has 5 fully saturated rings. The number of benzene rings is 2. The molecule has 5 heterocycles. The molecule has 0 spiro atoms. The van der Waals surface area contributed by atoms with Crippen molar-refractivity contribution in [2.24, 2.45) is 34.8 Å². The van der Waals surface area contributed by atoms with Crippen molar-refractivity contribution < 1.29 is 101 Å². The van der Waals surface area contributed by atoms with Crippen LogP contribution >= 0.6 is 33.2 Å². The lowest BCUT2D eigenvalue weighted by molar-refractivity contribution is -0.148. The predicted molar refractivity (Wildman–Crippen MR) is 522 cm³/mol. The maximum absolute atomic E-state index is 15.7. The van der Waals surface area contributed by atoms with E-state index < -0.39 is 252 Å². The van der Waals surface area contributed by atoms with E-state index >= 15 is 33.6 Å². The Morgan fingerprint density at radius 1 is 0.550 bits per heavy atom. The van der Waals surface area contributed by atoms with Crippen molar-refractivity contribution in [2.45, 2.75) is 312 Å². The van der Waals surface area contributed by atoms with Crippen LogP contribution in [-0.4, -0.2) is 315 Å². The summed E-state index contributed by atoms with van der Waals surface area (Å²) < 4.78 is 0. The number of fused-ring (bicyclic) bond motifs is 1. The molecule has 0 bridgehead atoms. The van der Waals surface area contributed by atoms with Gasteiger partial charge in [0.1, 0.15) is 103 Å². The number of aliphatic hydroxyl groups is 1. The number of hydrogen-bond donors (Lipinski definition) is 21. The van der Waals surface area contributed by atoms with Crippen LogP contribution in [0.15, 0.2) is 54.6 Å². The fraction of sp³-hybridized carbons (Fsp3) is 0.656. The van der Waals surface area contributed by atoms with E-state index in [1.807, 2.05) is 6.92 Å². The maximum atomic E-state index is 15.7. The highest BCUT2D eigenvalue weighted by Crippen LogP contribution is 2.30. The minimum absolute atomic E-state index is 0.00811. The van der Waals surface area contributed by atoms with E-state index in [4.69, 9.17) is 39.9 Å². The SMILES string of the molecule is CCCC[C@@H]1NC(=O)[C@H](CCCCN)NC(=O)[C@H](CCCNC(=N)N)NC(=O)[C@H](CC(C)C)NC(=O)[C@@H](NC(=O)[C@H](Cc2ccccc2Cl)NC(=O)[C@@H]2CCCN2C(=O)[C@@H](NC(C)=O)C(C)C)CCSSC[C@@H](C(=O)N[C@@H](CCCCN)C(=O)N2CCC[C@H]2C(=O)N2CCC[C@H]2C(=O)N[C@@H](CCC(=O)O)C(N)=O)NC(=O)[C@H](Cc2ccccc2)NC(=O)[C@H](CO)NC(=O)[C@H](C)NC(=O)[C@@H]2CCCN2C1=O. The molecule has 18 amide bonds. The summed E-state index contributed by atoms with van der Waals surface area (Å²) in [5, 5.41) is 66.2. The van der Waals surface area contributed by atoms with Crippen LogP contribution in [0.25, 0.3) is 0 Å². The number of nitrogens with two attached hydrogens (primary N) is 4. The van der Waals surface area contributed by atoms with Gasteiger partial charge in [-0.15, -0.1) is 0 Å². The Hall–Kier alpha value is -11.5. The molecule has 0 radical (unpaired) electrons. The minimum atomic E-state index is -1.84. The molecular weight excluding hydrogens is 1870 g/mol. The number of carbonyl (C=O) groups is 19. The maximum Gasteiger partial charge on any atom is 0.303 e. The Kier molecular flexibility index (Phi) is 48.4. The van der Waals surface area contributed by atoms with Gasteiger partial charge in [-0.25, -0.2) is 0 Å². The van der Waals surface area contributed by atoms with E-state index in [9.17, 15) is 67.7 Å². The van der Waals surface area contributed by atoms with Gasteiger partial charge in [0.25, 0.3) is 0 Å². The van der Waals surface area contributed by atoms with Crippen molar-refractivity contribution in [3.8, 4) is 0 Å². The van der Waals surface area contributed by atoms with E-state index in [0.29, 0.717) is 56.1 Å². The number of unbranched alkanes of at least 4 members (excludes halogenated alkanes) is 3. The third kappa shape index (κ3) is 35.9. The minimum Gasteiger partial charge on any atom is -0.481 e. The van der Waals surface area contributed by atoms with Crippen molar-refractivity contribution >= 4 is 151 Å². The number of aliphatic hydroxyl groups excluding tert-OH is 1. The highest BCUT2D eigenvalue weighted by molar-refractivity contribution is 8.76. The number of carboxylic acids is 1. The molecule has 140 heavy (non-hydrogen) atoms. The summed E-state index contributed by atoms with van der Waals surface area (Å²) in [7, 11) is 1.93. The summed E-state index contributed by atoms with van der Waals surface area (Å²) in [5.74, 6) is -18.3. The Labute approximate surface area is 828 Å². The van der Waals surface area contributed by atoms with Crippen molar-refractivity contribution in [2.75, 3.05) is 63.9 Å². The second kappa shape index (κ2) is 58.7. The number of rotatable bonds is 39. The first-order chi connectivity index (χ1) is 66.7. The molecule has 17 atom stereocenters. The number of primary amides is 1. The molecule has 44 nitrogen and oxygen atoms in total. The van der Waals surface area contributed by atoms with Gasteiger partial charge in [-0.2, -0.15) is 0 Å². The predicted octanol–water partition coefficient (Wildman–Crippen LogP) is -2.03. The van der Waals surface area contributed by atoms with Crippen LogP contribution in [0.5, 0.6) is 0 Å². The number of carboxylic acid groups (broad SMARTS) is 1. The number of guanidine groups is 1. The van der Waals surface area contributed by atoms with Crippen LogP contribution < -0.4 is 97.4 Å². The highest BCUT2D eigenvalue weighted by atomic mass is 35.5. The van der Waals surface area contributed by atoms with Crippen molar-refractivity contribution in [1.82, 2.24) is 94.0 Å². The third-order valence-electron chi connectivity index (χ3n) is 25.1. The number of likely N-dealkylation sites (tertiary alicyclic amines) is 3. The molecule has 0 aliphatic carbocycles. The molecule has 25 N–H and O–H groups in total. The van der Waals surface area contributed by atoms with Crippen LogP contribution in [0.3, 0.4) is 0 Å². The Bertz CT molecular complexity index is 4620. The van der Waals surface area contributed by atoms with Gasteiger partial charge in [0.2, 0.25) is 106 Å². The van der Waals surface area contributed by atoms with Crippen LogP contribution in [0, 0.1) is 17.2 Å². The zero-order chi connectivity index (χ0) is 103. The quantitative estimate of drug-likeness (QED) is 0.0149. The van der Waals surface area contributed by atoms with Crippen LogP contribution in [0.1, 0.15) is 207 Å².